The van der Waals surface area contributed by atoms with E-state index in [0.29, 0.717) is 0 Å². The van der Waals surface area contributed by atoms with Gasteiger partial charge in [-0.1, -0.05) is 229 Å². The van der Waals surface area contributed by atoms with Gasteiger partial charge in [-0.2, -0.15) is 0 Å². The van der Waals surface area contributed by atoms with Gasteiger partial charge in [0.1, 0.15) is 8.80 Å². The quantitative estimate of drug-likeness (QED) is 0.0998. The zero-order chi connectivity index (χ0) is 44.5. The van der Waals surface area contributed by atoms with Crippen molar-refractivity contribution in [3.05, 3.63) is 272 Å². The molecule has 0 N–H and O–H groups in total. The van der Waals surface area contributed by atoms with Crippen LogP contribution in [-0.2, 0) is 0 Å². The zero-order valence-corrected chi connectivity index (χ0v) is 39.5. The number of hydrogen-bond donors (Lipinski definition) is 0. The number of aryl methyl sites for hydroxylation is 2. The highest BCUT2D eigenvalue weighted by molar-refractivity contribution is 7.21. The van der Waals surface area contributed by atoms with Gasteiger partial charge in [-0.3, -0.25) is 0 Å². The maximum Gasteiger partial charge on any atom is 0.184 e. The summed E-state index contributed by atoms with van der Waals surface area (Å²) in [4.78, 5) is 5.05. The van der Waals surface area contributed by atoms with Gasteiger partial charge in [0.25, 0.3) is 0 Å². The van der Waals surface area contributed by atoms with Crippen molar-refractivity contribution < 1.29 is 0 Å². The first-order valence-corrected chi connectivity index (χ1v) is 26.7. The highest BCUT2D eigenvalue weighted by Crippen LogP contribution is 2.43. The van der Waals surface area contributed by atoms with E-state index in [-0.39, 0.29) is 0 Å². The van der Waals surface area contributed by atoms with E-state index in [0.717, 1.165) is 11.4 Å². The Morgan fingerprint density at radius 2 is 0.803 bits per heavy atom. The molecule has 0 amide bonds. The van der Waals surface area contributed by atoms with E-state index in [9.17, 15) is 0 Å². The van der Waals surface area contributed by atoms with Gasteiger partial charge in [-0.05, 0) is 104 Å². The first-order chi connectivity index (χ1) is 32.6. The number of benzene rings is 10. The van der Waals surface area contributed by atoms with Crippen molar-refractivity contribution in [3.8, 4) is 11.1 Å². The van der Waals surface area contributed by atoms with Gasteiger partial charge >= 0.3 is 0 Å². The maximum atomic E-state index is 2.54. The molecule has 0 atom stereocenters. The lowest BCUT2D eigenvalue weighted by molar-refractivity contribution is 1.25. The molecule has 0 saturated heterocycles. The molecule has 0 aromatic heterocycles. The molecule has 4 heteroatoms. The molecule has 0 spiro atoms. The molecule has 0 aliphatic carbocycles. The second-order valence-electron chi connectivity index (χ2n) is 17.3. The van der Waals surface area contributed by atoms with Crippen LogP contribution in [0.1, 0.15) is 11.1 Å². The second kappa shape index (κ2) is 17.7. The van der Waals surface area contributed by atoms with Crippen molar-refractivity contribution in [2.75, 3.05) is 9.80 Å². The summed E-state index contributed by atoms with van der Waals surface area (Å²) < 4.78 is 0. The standard InChI is InChI=1S/C62H50N2Si2/c1-46-40-42-48(44-58(46)63(50-24-8-3-9-25-50)55-34-18-21-37-60(55)65(51-26-10-4-11-27-51)52-28-12-5-13-29-52)49-43-41-47(2)59(45-49)64-56-35-19-22-38-61(56)66(53-30-14-6-15-31-53,54-32-16-7-17-33-54)62-39-23-20-36-57(62)64/h3-45,65H,1-2H3. The predicted molar refractivity (Wildman–Crippen MR) is 287 cm³/mol. The summed E-state index contributed by atoms with van der Waals surface area (Å²) in [7, 11) is -4.65. The van der Waals surface area contributed by atoms with E-state index in [1.807, 2.05) is 0 Å². The van der Waals surface area contributed by atoms with E-state index in [1.165, 1.54) is 81.3 Å². The van der Waals surface area contributed by atoms with Gasteiger partial charge in [-0.15, -0.1) is 0 Å². The predicted octanol–water partition coefficient (Wildman–Crippen LogP) is 10.8. The fraction of sp³-hybridized carbons (Fsp3) is 0.0323. The Morgan fingerprint density at radius 1 is 0.364 bits per heavy atom. The molecule has 0 radical (unpaired) electrons. The van der Waals surface area contributed by atoms with Crippen molar-refractivity contribution in [3.63, 3.8) is 0 Å². The molecule has 2 nitrogen and oxygen atoms in total. The SMILES string of the molecule is Cc1ccc(-c2ccc(C)c(N3c4ccccc4[Si](c4ccccc4)(c4ccccc4)c4ccccc43)c2)cc1N(c1ccccc1)c1ccccc1[SiH](c1ccccc1)c1ccccc1. The molecular formula is C62H50N2Si2. The lowest BCUT2D eigenvalue weighted by atomic mass is 9.98. The molecule has 11 rings (SSSR count). The topological polar surface area (TPSA) is 6.48 Å². The van der Waals surface area contributed by atoms with E-state index in [2.05, 4.69) is 285 Å². The first-order valence-electron chi connectivity index (χ1n) is 23.0. The lowest BCUT2D eigenvalue weighted by Crippen LogP contribution is -2.77. The molecule has 1 aliphatic heterocycles. The van der Waals surface area contributed by atoms with Gasteiger partial charge < -0.3 is 9.80 Å². The van der Waals surface area contributed by atoms with Crippen molar-refractivity contribution in [2.24, 2.45) is 0 Å². The third kappa shape index (κ3) is 7.12. The van der Waals surface area contributed by atoms with Crippen LogP contribution in [0.3, 0.4) is 0 Å². The Labute approximate surface area is 392 Å². The van der Waals surface area contributed by atoms with Crippen molar-refractivity contribution in [1.82, 2.24) is 0 Å². The van der Waals surface area contributed by atoms with Crippen molar-refractivity contribution in [2.45, 2.75) is 13.8 Å². The summed E-state index contributed by atoms with van der Waals surface area (Å²) in [5, 5.41) is 9.75. The molecular weight excluding hydrogens is 829 g/mol. The van der Waals surface area contributed by atoms with Crippen LogP contribution in [0.5, 0.6) is 0 Å². The van der Waals surface area contributed by atoms with Crippen LogP contribution in [0.4, 0.5) is 34.1 Å². The summed E-state index contributed by atoms with van der Waals surface area (Å²) in [6.45, 7) is 4.51. The number of nitrogens with zero attached hydrogens (tertiary/aromatic N) is 2. The Balaban J connectivity index is 1.08. The number of para-hydroxylation sites is 4. The number of hydrogen-bond acceptors (Lipinski definition) is 2. The van der Waals surface area contributed by atoms with Crippen LogP contribution in [0, 0.1) is 13.8 Å². The molecule has 0 fully saturated rings. The summed E-state index contributed by atoms with van der Waals surface area (Å²) in [5.74, 6) is 0. The molecule has 0 saturated carbocycles. The molecule has 10 aromatic carbocycles. The van der Waals surface area contributed by atoms with Crippen molar-refractivity contribution >= 4 is 87.3 Å². The number of anilines is 6. The largest absolute Gasteiger partial charge is 0.310 e. The molecule has 316 valence electrons. The third-order valence-corrected chi connectivity index (χ3v) is 21.6. The van der Waals surface area contributed by atoms with Crippen LogP contribution >= 0.6 is 0 Å². The van der Waals surface area contributed by atoms with E-state index in [4.69, 9.17) is 0 Å². The summed E-state index contributed by atoms with van der Waals surface area (Å²) in [6.07, 6.45) is 0. The van der Waals surface area contributed by atoms with E-state index >= 15 is 0 Å². The van der Waals surface area contributed by atoms with Gasteiger partial charge in [0, 0.05) is 34.1 Å². The van der Waals surface area contributed by atoms with Crippen LogP contribution in [0.15, 0.2) is 261 Å². The smallest absolute Gasteiger partial charge is 0.184 e. The Morgan fingerprint density at radius 3 is 1.36 bits per heavy atom. The van der Waals surface area contributed by atoms with Crippen LogP contribution in [0.25, 0.3) is 11.1 Å². The fourth-order valence-electron chi connectivity index (χ4n) is 10.5. The number of fused-ring (bicyclic) bond motifs is 2. The van der Waals surface area contributed by atoms with Gasteiger partial charge in [0.2, 0.25) is 0 Å². The van der Waals surface area contributed by atoms with Crippen LogP contribution in [0.2, 0.25) is 0 Å². The Kier molecular flexibility index (Phi) is 11.0. The van der Waals surface area contributed by atoms with E-state index < -0.39 is 16.9 Å². The highest BCUT2D eigenvalue weighted by atomic mass is 28.3. The summed E-state index contributed by atoms with van der Waals surface area (Å²) in [5.41, 5.74) is 12.0. The monoisotopic (exact) mass is 878 g/mol. The molecule has 66 heavy (non-hydrogen) atoms. The maximum absolute atomic E-state index is 2.74. The van der Waals surface area contributed by atoms with Crippen molar-refractivity contribution in [1.29, 1.82) is 0 Å². The fourth-order valence-corrected chi connectivity index (χ4v) is 18.7. The second-order valence-corrected chi connectivity index (χ2v) is 23.9. The first kappa shape index (κ1) is 41.0. The zero-order valence-electron chi connectivity index (χ0n) is 37.3. The van der Waals surface area contributed by atoms with Crippen LogP contribution in [-0.4, -0.2) is 16.9 Å². The molecule has 1 aliphatic rings. The van der Waals surface area contributed by atoms with Gasteiger partial charge in [0.15, 0.2) is 8.07 Å². The third-order valence-electron chi connectivity index (χ3n) is 13.5. The Bertz CT molecular complexity index is 3090. The van der Waals surface area contributed by atoms with Gasteiger partial charge in [-0.25, -0.2) is 0 Å². The van der Waals surface area contributed by atoms with Crippen LogP contribution < -0.4 is 46.1 Å². The lowest BCUT2D eigenvalue weighted by Gasteiger charge is -2.45. The minimum atomic E-state index is -2.74. The molecule has 0 unspecified atom stereocenters. The average Bonchev–Trinajstić information content (AvgIpc) is 3.38. The Hall–Kier alpha value is -7.77. The summed E-state index contributed by atoms with van der Waals surface area (Å²) in [6, 6.07) is 97.2. The molecule has 1 heterocycles. The normalized spacial score (nSPS) is 12.6. The van der Waals surface area contributed by atoms with E-state index in [1.54, 1.807) is 0 Å². The molecule has 0 bridgehead atoms. The van der Waals surface area contributed by atoms with Gasteiger partial charge in [0.05, 0.1) is 0 Å². The average molecular weight is 879 g/mol. The highest BCUT2D eigenvalue weighted by Gasteiger charge is 2.48. The number of rotatable bonds is 10. The minimum Gasteiger partial charge on any atom is -0.310 e. The molecule has 10 aromatic rings. The minimum absolute atomic E-state index is 1.13. The summed E-state index contributed by atoms with van der Waals surface area (Å²) >= 11 is 0.